The molecule has 1 aromatic rings. The fourth-order valence-electron chi connectivity index (χ4n) is 3.75. The van der Waals surface area contributed by atoms with Crippen LogP contribution in [0.2, 0.25) is 0 Å². The summed E-state index contributed by atoms with van der Waals surface area (Å²) in [5.41, 5.74) is 1.90. The molecule has 1 aromatic heterocycles. The Hall–Kier alpha value is -0.840. The van der Waals surface area contributed by atoms with Crippen LogP contribution in [-0.4, -0.2) is 49.7 Å². The first kappa shape index (κ1) is 17.5. The van der Waals surface area contributed by atoms with Gasteiger partial charge in [-0.1, -0.05) is 13.0 Å². The quantitative estimate of drug-likeness (QED) is 0.902. The molecule has 3 rings (SSSR count). The summed E-state index contributed by atoms with van der Waals surface area (Å²) in [5.74, 6) is 1.08. The average molecular weight is 325 g/mol. The summed E-state index contributed by atoms with van der Waals surface area (Å²) in [7, 11) is 2.11. The fraction of sp³-hybridized carbons (Fsp3) is 0.706. The van der Waals surface area contributed by atoms with Crippen LogP contribution in [0.15, 0.2) is 18.3 Å². The van der Waals surface area contributed by atoms with Gasteiger partial charge in [-0.2, -0.15) is 0 Å². The van der Waals surface area contributed by atoms with Gasteiger partial charge in [0.2, 0.25) is 0 Å². The first-order chi connectivity index (χ1) is 10.2. The third kappa shape index (κ3) is 3.92. The third-order valence-electron chi connectivity index (χ3n) is 5.01. The minimum Gasteiger partial charge on any atom is -0.360 e. The molecule has 0 bridgehead atoms. The summed E-state index contributed by atoms with van der Waals surface area (Å²) in [6.45, 7) is 9.21. The number of halogens is 1. The van der Waals surface area contributed by atoms with E-state index in [1.165, 1.54) is 44.6 Å². The Balaban J connectivity index is 0.00000176. The van der Waals surface area contributed by atoms with Gasteiger partial charge in [0, 0.05) is 39.4 Å². The summed E-state index contributed by atoms with van der Waals surface area (Å²) < 4.78 is 0. The van der Waals surface area contributed by atoms with Crippen LogP contribution in [0.25, 0.3) is 0 Å². The van der Waals surface area contributed by atoms with Crippen molar-refractivity contribution >= 4 is 18.2 Å². The van der Waals surface area contributed by atoms with Crippen LogP contribution < -0.4 is 10.2 Å². The van der Waals surface area contributed by atoms with Crippen LogP contribution in [0.3, 0.4) is 0 Å². The largest absolute Gasteiger partial charge is 0.360 e. The highest BCUT2D eigenvalue weighted by Gasteiger charge is 2.39. The summed E-state index contributed by atoms with van der Waals surface area (Å²) >= 11 is 0. The lowest BCUT2D eigenvalue weighted by Gasteiger charge is -2.23. The van der Waals surface area contributed by atoms with Crippen molar-refractivity contribution in [3.05, 3.63) is 23.9 Å². The lowest BCUT2D eigenvalue weighted by Crippen LogP contribution is -2.29. The zero-order valence-electron chi connectivity index (χ0n) is 13.8. The van der Waals surface area contributed by atoms with Crippen LogP contribution in [0.5, 0.6) is 0 Å². The maximum absolute atomic E-state index is 4.62. The van der Waals surface area contributed by atoms with Gasteiger partial charge in [0.05, 0.1) is 0 Å². The molecule has 0 aliphatic carbocycles. The van der Waals surface area contributed by atoms with Crippen LogP contribution in [-0.2, 0) is 6.54 Å². The van der Waals surface area contributed by atoms with Crippen molar-refractivity contribution in [1.29, 1.82) is 0 Å². The summed E-state index contributed by atoms with van der Waals surface area (Å²) in [4.78, 5) is 9.43. The average Bonchev–Trinajstić information content (AvgIpc) is 3.11. The molecule has 2 aliphatic heterocycles. The number of pyridine rings is 1. The smallest absolute Gasteiger partial charge is 0.128 e. The SMILES string of the molecule is CCCN(C)c1ccc(CN2CCC3(CCNC3)C2)cn1.Cl. The van der Waals surface area contributed by atoms with Gasteiger partial charge in [0.15, 0.2) is 0 Å². The fourth-order valence-corrected chi connectivity index (χ4v) is 3.75. The Morgan fingerprint density at radius 1 is 1.36 bits per heavy atom. The van der Waals surface area contributed by atoms with E-state index < -0.39 is 0 Å². The molecule has 22 heavy (non-hydrogen) atoms. The number of nitrogens with zero attached hydrogens (tertiary/aromatic N) is 3. The molecule has 1 spiro atoms. The molecule has 1 atom stereocenters. The molecular weight excluding hydrogens is 296 g/mol. The number of anilines is 1. The van der Waals surface area contributed by atoms with Crippen LogP contribution >= 0.6 is 12.4 Å². The molecule has 2 aliphatic rings. The predicted octanol–water partition coefficient (Wildman–Crippen LogP) is 2.54. The third-order valence-corrected chi connectivity index (χ3v) is 5.01. The second-order valence-electron chi connectivity index (χ2n) is 6.83. The van der Waals surface area contributed by atoms with Gasteiger partial charge < -0.3 is 10.2 Å². The van der Waals surface area contributed by atoms with Gasteiger partial charge in [-0.3, -0.25) is 4.90 Å². The Kier molecular flexibility index (Phi) is 6.07. The van der Waals surface area contributed by atoms with Crippen molar-refractivity contribution in [1.82, 2.24) is 15.2 Å². The highest BCUT2D eigenvalue weighted by Crippen LogP contribution is 2.36. The summed E-state index contributed by atoms with van der Waals surface area (Å²) in [5, 5.41) is 3.53. The van der Waals surface area contributed by atoms with Gasteiger partial charge in [0.1, 0.15) is 5.82 Å². The van der Waals surface area contributed by atoms with Crippen LogP contribution in [0, 0.1) is 5.41 Å². The predicted molar refractivity (Wildman–Crippen MR) is 94.9 cm³/mol. The molecule has 2 saturated heterocycles. The topological polar surface area (TPSA) is 31.4 Å². The number of nitrogens with one attached hydrogen (secondary N) is 1. The van der Waals surface area contributed by atoms with E-state index in [1.54, 1.807) is 0 Å². The second kappa shape index (κ2) is 7.62. The molecule has 1 N–H and O–H groups in total. The van der Waals surface area contributed by atoms with Crippen molar-refractivity contribution in [2.45, 2.75) is 32.7 Å². The van der Waals surface area contributed by atoms with E-state index in [-0.39, 0.29) is 12.4 Å². The monoisotopic (exact) mass is 324 g/mol. The highest BCUT2D eigenvalue weighted by atomic mass is 35.5. The van der Waals surface area contributed by atoms with E-state index in [4.69, 9.17) is 0 Å². The molecule has 4 nitrogen and oxygen atoms in total. The van der Waals surface area contributed by atoms with E-state index in [2.05, 4.69) is 52.4 Å². The van der Waals surface area contributed by atoms with Gasteiger partial charge in [-0.15, -0.1) is 12.4 Å². The van der Waals surface area contributed by atoms with E-state index >= 15 is 0 Å². The van der Waals surface area contributed by atoms with Crippen molar-refractivity contribution < 1.29 is 0 Å². The number of hydrogen-bond donors (Lipinski definition) is 1. The van der Waals surface area contributed by atoms with Gasteiger partial charge in [0.25, 0.3) is 0 Å². The number of hydrogen-bond acceptors (Lipinski definition) is 4. The summed E-state index contributed by atoms with van der Waals surface area (Å²) in [6, 6.07) is 4.40. The lowest BCUT2D eigenvalue weighted by atomic mass is 9.87. The molecule has 0 saturated carbocycles. The van der Waals surface area contributed by atoms with Gasteiger partial charge >= 0.3 is 0 Å². The maximum Gasteiger partial charge on any atom is 0.128 e. The molecular formula is C17H29ClN4. The molecule has 3 heterocycles. The molecule has 0 aromatic carbocycles. The highest BCUT2D eigenvalue weighted by molar-refractivity contribution is 5.85. The molecule has 124 valence electrons. The lowest BCUT2D eigenvalue weighted by molar-refractivity contribution is 0.268. The standard InChI is InChI=1S/C17H28N4.ClH/c1-3-9-20(2)16-5-4-15(11-19-16)12-21-10-7-17(14-21)6-8-18-13-17;/h4-5,11,18H,3,6-10,12-14H2,1-2H3;1H. The van der Waals surface area contributed by atoms with Gasteiger partial charge in [-0.05, 0) is 49.4 Å². The van der Waals surface area contributed by atoms with E-state index in [0.29, 0.717) is 5.41 Å². The number of rotatable bonds is 5. The minimum atomic E-state index is 0. The van der Waals surface area contributed by atoms with Crippen LogP contribution in [0.1, 0.15) is 31.7 Å². The van der Waals surface area contributed by atoms with Gasteiger partial charge in [-0.25, -0.2) is 4.98 Å². The molecule has 0 radical (unpaired) electrons. The maximum atomic E-state index is 4.62. The van der Waals surface area contributed by atoms with E-state index in [9.17, 15) is 0 Å². The second-order valence-corrected chi connectivity index (χ2v) is 6.83. The normalized spacial score (nSPS) is 24.6. The molecule has 5 heteroatoms. The molecule has 0 amide bonds. The van der Waals surface area contributed by atoms with Crippen molar-refractivity contribution in [2.75, 3.05) is 44.7 Å². The Labute approximate surface area is 140 Å². The Bertz CT molecular complexity index is 456. The summed E-state index contributed by atoms with van der Waals surface area (Å²) in [6.07, 6.45) is 5.91. The van der Waals surface area contributed by atoms with Crippen LogP contribution in [0.4, 0.5) is 5.82 Å². The van der Waals surface area contributed by atoms with E-state index in [0.717, 1.165) is 25.3 Å². The van der Waals surface area contributed by atoms with Crippen molar-refractivity contribution in [3.63, 3.8) is 0 Å². The van der Waals surface area contributed by atoms with Crippen molar-refractivity contribution in [2.24, 2.45) is 5.41 Å². The number of aromatic nitrogens is 1. The zero-order valence-corrected chi connectivity index (χ0v) is 14.7. The minimum absolute atomic E-state index is 0. The number of likely N-dealkylation sites (tertiary alicyclic amines) is 1. The first-order valence-electron chi connectivity index (χ1n) is 8.30. The Morgan fingerprint density at radius 3 is 2.86 bits per heavy atom. The van der Waals surface area contributed by atoms with Crippen molar-refractivity contribution in [3.8, 4) is 0 Å². The molecule has 1 unspecified atom stereocenters. The van der Waals surface area contributed by atoms with E-state index in [1.807, 2.05) is 0 Å². The Morgan fingerprint density at radius 2 is 2.23 bits per heavy atom. The molecule has 2 fully saturated rings. The zero-order chi connectivity index (χ0) is 14.7. The first-order valence-corrected chi connectivity index (χ1v) is 8.30.